The molecule has 1 aliphatic heterocycles. The van der Waals surface area contributed by atoms with Crippen molar-refractivity contribution in [2.45, 2.75) is 30.0 Å². The first kappa shape index (κ1) is 21.7. The molecule has 142 valence electrons. The van der Waals surface area contributed by atoms with Crippen LogP contribution in [0.1, 0.15) is 28.8 Å². The van der Waals surface area contributed by atoms with Crippen molar-refractivity contribution in [3.63, 3.8) is 0 Å². The van der Waals surface area contributed by atoms with Crippen LogP contribution in [0.25, 0.3) is 0 Å². The second-order valence-electron chi connectivity index (χ2n) is 5.44. The first-order valence-electron chi connectivity index (χ1n) is 7.12. The van der Waals surface area contributed by atoms with Crippen LogP contribution in [0.15, 0.2) is 23.1 Å². The Morgan fingerprint density at radius 1 is 1.28 bits per heavy atom. The summed E-state index contributed by atoms with van der Waals surface area (Å²) in [4.78, 5) is 11.0. The first-order chi connectivity index (χ1) is 11.1. The summed E-state index contributed by atoms with van der Waals surface area (Å²) in [6.45, 7) is 0.285. The number of alkyl halides is 3. The molecule has 0 amide bonds. The van der Waals surface area contributed by atoms with Gasteiger partial charge < -0.3 is 10.5 Å². The van der Waals surface area contributed by atoms with Crippen molar-refractivity contribution in [1.82, 2.24) is 4.31 Å². The highest BCUT2D eigenvalue weighted by Gasteiger charge is 2.38. The lowest BCUT2D eigenvalue weighted by molar-refractivity contribution is -0.138. The highest BCUT2D eigenvalue weighted by atomic mass is 35.5. The number of piperidine rings is 1. The van der Waals surface area contributed by atoms with Crippen LogP contribution in [0.2, 0.25) is 0 Å². The van der Waals surface area contributed by atoms with E-state index in [-0.39, 0.29) is 31.5 Å². The molecule has 0 aromatic heterocycles. The molecule has 0 radical (unpaired) electrons. The lowest BCUT2D eigenvalue weighted by Crippen LogP contribution is -2.42. The van der Waals surface area contributed by atoms with Gasteiger partial charge in [-0.3, -0.25) is 0 Å². The lowest BCUT2D eigenvalue weighted by Gasteiger charge is -2.29. The van der Waals surface area contributed by atoms with Crippen molar-refractivity contribution in [3.05, 3.63) is 29.3 Å². The molecular formula is C14H18ClF3N2O4S. The fourth-order valence-electron chi connectivity index (χ4n) is 2.47. The van der Waals surface area contributed by atoms with Crippen LogP contribution in [-0.2, 0) is 20.9 Å². The number of halogens is 4. The maximum atomic E-state index is 13.2. The van der Waals surface area contributed by atoms with Gasteiger partial charge in [0.25, 0.3) is 0 Å². The van der Waals surface area contributed by atoms with E-state index < -0.39 is 38.2 Å². The van der Waals surface area contributed by atoms with Crippen molar-refractivity contribution < 1.29 is 31.1 Å². The Kier molecular flexibility index (Phi) is 6.85. The molecule has 1 saturated heterocycles. The number of sulfonamides is 1. The van der Waals surface area contributed by atoms with Crippen molar-refractivity contribution in [2.75, 3.05) is 20.2 Å². The number of esters is 1. The minimum Gasteiger partial charge on any atom is -0.465 e. The Morgan fingerprint density at radius 3 is 2.32 bits per heavy atom. The topological polar surface area (TPSA) is 89.7 Å². The number of benzene rings is 1. The highest BCUT2D eigenvalue weighted by molar-refractivity contribution is 7.89. The highest BCUT2D eigenvalue weighted by Crippen LogP contribution is 2.34. The Balaban J connectivity index is 0.00000312. The molecule has 2 rings (SSSR count). The molecule has 2 N–H and O–H groups in total. The molecule has 11 heteroatoms. The van der Waals surface area contributed by atoms with Crippen LogP contribution in [0.4, 0.5) is 13.2 Å². The number of carbonyl (C=O) groups excluding carboxylic acids is 1. The van der Waals surface area contributed by atoms with Crippen LogP contribution < -0.4 is 5.73 Å². The molecule has 0 bridgehead atoms. The van der Waals surface area contributed by atoms with E-state index >= 15 is 0 Å². The van der Waals surface area contributed by atoms with Crippen LogP contribution in [0, 0.1) is 0 Å². The Labute approximate surface area is 149 Å². The molecule has 1 fully saturated rings. The van der Waals surface area contributed by atoms with Gasteiger partial charge in [0.15, 0.2) is 0 Å². The summed E-state index contributed by atoms with van der Waals surface area (Å²) in [5.74, 6) is -1.18. The predicted molar refractivity (Wildman–Crippen MR) is 86.0 cm³/mol. The van der Waals surface area contributed by atoms with Gasteiger partial charge in [0, 0.05) is 19.1 Å². The third kappa shape index (κ3) is 4.63. The normalized spacial score (nSPS) is 17.0. The molecule has 0 unspecified atom stereocenters. The summed E-state index contributed by atoms with van der Waals surface area (Å²) in [7, 11) is -3.14. The third-order valence-electron chi connectivity index (χ3n) is 3.84. The molecule has 0 atom stereocenters. The van der Waals surface area contributed by atoms with Gasteiger partial charge in [-0.2, -0.15) is 17.5 Å². The minimum absolute atomic E-state index is 0. The number of carbonyl (C=O) groups is 1. The van der Waals surface area contributed by atoms with Gasteiger partial charge in [-0.05, 0) is 31.0 Å². The lowest BCUT2D eigenvalue weighted by atomic mass is 10.1. The molecule has 1 aromatic rings. The zero-order chi connectivity index (χ0) is 18.1. The van der Waals surface area contributed by atoms with E-state index in [4.69, 9.17) is 5.73 Å². The summed E-state index contributed by atoms with van der Waals surface area (Å²) in [6, 6.07) is 2.14. The van der Waals surface area contributed by atoms with E-state index in [0.29, 0.717) is 18.9 Å². The summed E-state index contributed by atoms with van der Waals surface area (Å²) in [5.41, 5.74) is 3.63. The summed E-state index contributed by atoms with van der Waals surface area (Å²) >= 11 is 0. The summed E-state index contributed by atoms with van der Waals surface area (Å²) < 4.78 is 70.0. The number of nitrogens with two attached hydrogens (primary N) is 1. The van der Waals surface area contributed by atoms with E-state index in [2.05, 4.69) is 4.74 Å². The standard InChI is InChI=1S/C14H17F3N2O4S.ClH/c1-23-13(20)11-3-2-10(8-12(11)14(15,16)17)24(21,22)19-6-4-9(18)5-7-19;/h2-3,8-9H,4-7,18H2,1H3;1H. The minimum atomic E-state index is -4.89. The molecule has 6 nitrogen and oxygen atoms in total. The summed E-state index contributed by atoms with van der Waals surface area (Å²) in [6.07, 6.45) is -4.02. The number of rotatable bonds is 3. The molecule has 1 aromatic carbocycles. The quantitative estimate of drug-likeness (QED) is 0.781. The average Bonchev–Trinajstić information content (AvgIpc) is 2.53. The molecule has 25 heavy (non-hydrogen) atoms. The van der Waals surface area contributed by atoms with Crippen LogP contribution in [0.5, 0.6) is 0 Å². The van der Waals surface area contributed by atoms with Crippen LogP contribution >= 0.6 is 12.4 Å². The fraction of sp³-hybridized carbons (Fsp3) is 0.500. The van der Waals surface area contributed by atoms with Gasteiger partial charge in [0.05, 0.1) is 23.1 Å². The van der Waals surface area contributed by atoms with Gasteiger partial charge in [0.1, 0.15) is 0 Å². The van der Waals surface area contributed by atoms with E-state index in [1.54, 1.807) is 0 Å². The van der Waals surface area contributed by atoms with Crippen LogP contribution in [-0.4, -0.2) is 44.9 Å². The van der Waals surface area contributed by atoms with Crippen molar-refractivity contribution in [3.8, 4) is 0 Å². The second-order valence-corrected chi connectivity index (χ2v) is 7.38. The van der Waals surface area contributed by atoms with Gasteiger partial charge in [-0.25, -0.2) is 13.2 Å². The largest absolute Gasteiger partial charge is 0.465 e. The molecule has 0 saturated carbocycles. The second kappa shape index (κ2) is 7.90. The van der Waals surface area contributed by atoms with E-state index in [9.17, 15) is 26.4 Å². The SMILES string of the molecule is COC(=O)c1ccc(S(=O)(=O)N2CCC(N)CC2)cc1C(F)(F)F.Cl. The Morgan fingerprint density at radius 2 is 1.84 bits per heavy atom. The fourth-order valence-corrected chi connectivity index (χ4v) is 3.97. The Hall–Kier alpha value is -1.36. The molecule has 0 aliphatic carbocycles. The van der Waals surface area contributed by atoms with Crippen LogP contribution in [0.3, 0.4) is 0 Å². The maximum absolute atomic E-state index is 13.2. The van der Waals surface area contributed by atoms with Gasteiger partial charge in [-0.1, -0.05) is 0 Å². The number of methoxy groups -OCH3 is 1. The number of hydrogen-bond acceptors (Lipinski definition) is 5. The smallest absolute Gasteiger partial charge is 0.417 e. The Bertz CT molecular complexity index is 732. The van der Waals surface area contributed by atoms with E-state index in [1.165, 1.54) is 0 Å². The molecular weight excluding hydrogens is 385 g/mol. The molecule has 1 aliphatic rings. The number of nitrogens with zero attached hydrogens (tertiary/aromatic N) is 1. The van der Waals surface area contributed by atoms with E-state index in [0.717, 1.165) is 23.5 Å². The third-order valence-corrected chi connectivity index (χ3v) is 5.73. The maximum Gasteiger partial charge on any atom is 0.417 e. The van der Waals surface area contributed by atoms with Gasteiger partial charge >= 0.3 is 12.1 Å². The zero-order valence-electron chi connectivity index (χ0n) is 13.2. The molecule has 0 spiro atoms. The van der Waals surface area contributed by atoms with Crippen molar-refractivity contribution in [2.24, 2.45) is 5.73 Å². The van der Waals surface area contributed by atoms with Crippen molar-refractivity contribution >= 4 is 28.4 Å². The predicted octanol–water partition coefficient (Wildman–Crippen LogP) is 2.03. The number of hydrogen-bond donors (Lipinski definition) is 1. The monoisotopic (exact) mass is 402 g/mol. The first-order valence-corrected chi connectivity index (χ1v) is 8.56. The average molecular weight is 403 g/mol. The number of ether oxygens (including phenoxy) is 1. The van der Waals surface area contributed by atoms with Gasteiger partial charge in [0.2, 0.25) is 10.0 Å². The summed E-state index contributed by atoms with van der Waals surface area (Å²) in [5, 5.41) is 0. The van der Waals surface area contributed by atoms with E-state index in [1.807, 2.05) is 0 Å². The molecule has 1 heterocycles. The van der Waals surface area contributed by atoms with Gasteiger partial charge in [-0.15, -0.1) is 12.4 Å². The van der Waals surface area contributed by atoms with Crippen molar-refractivity contribution in [1.29, 1.82) is 0 Å². The zero-order valence-corrected chi connectivity index (χ0v) is 14.9.